The molecule has 0 unspecified atom stereocenters. The molecule has 6 heteroatoms. The van der Waals surface area contributed by atoms with E-state index in [2.05, 4.69) is 31.4 Å². The highest BCUT2D eigenvalue weighted by atomic mass is 79.9. The van der Waals surface area contributed by atoms with E-state index >= 15 is 0 Å². The van der Waals surface area contributed by atoms with Crippen LogP contribution in [0.4, 0.5) is 0 Å². The van der Waals surface area contributed by atoms with Gasteiger partial charge in [-0.25, -0.2) is 0 Å². The van der Waals surface area contributed by atoms with Crippen LogP contribution in [-0.4, -0.2) is 30.8 Å². The SMILES string of the molecule is CNCCc1noc(-c2ccc(OC)c(Br)c2)n1. The molecule has 0 bridgehead atoms. The molecule has 1 aromatic carbocycles. The smallest absolute Gasteiger partial charge is 0.257 e. The molecule has 0 aliphatic heterocycles. The third kappa shape index (κ3) is 2.88. The van der Waals surface area contributed by atoms with E-state index in [0.29, 0.717) is 11.7 Å². The maximum absolute atomic E-state index is 5.23. The van der Waals surface area contributed by atoms with Gasteiger partial charge < -0.3 is 14.6 Å². The molecule has 0 fully saturated rings. The van der Waals surface area contributed by atoms with Gasteiger partial charge in [0.05, 0.1) is 11.6 Å². The normalized spacial score (nSPS) is 10.6. The van der Waals surface area contributed by atoms with Crippen molar-refractivity contribution < 1.29 is 9.26 Å². The van der Waals surface area contributed by atoms with Crippen molar-refractivity contribution in [1.82, 2.24) is 15.5 Å². The third-order valence-corrected chi connectivity index (χ3v) is 3.09. The number of ether oxygens (including phenoxy) is 1. The van der Waals surface area contributed by atoms with Gasteiger partial charge in [0.1, 0.15) is 5.75 Å². The molecule has 1 heterocycles. The van der Waals surface area contributed by atoms with E-state index < -0.39 is 0 Å². The summed E-state index contributed by atoms with van der Waals surface area (Å²) in [5.41, 5.74) is 0.867. The summed E-state index contributed by atoms with van der Waals surface area (Å²) in [6, 6.07) is 5.64. The second-order valence-corrected chi connectivity index (χ2v) is 4.57. The lowest BCUT2D eigenvalue weighted by atomic mass is 10.2. The molecular formula is C12H14BrN3O2. The fourth-order valence-corrected chi connectivity index (χ4v) is 2.05. The summed E-state index contributed by atoms with van der Waals surface area (Å²) in [6.07, 6.45) is 0.747. The Morgan fingerprint density at radius 2 is 2.28 bits per heavy atom. The minimum absolute atomic E-state index is 0.518. The second kappa shape index (κ2) is 5.97. The summed E-state index contributed by atoms with van der Waals surface area (Å²) < 4.78 is 11.3. The van der Waals surface area contributed by atoms with Crippen LogP contribution in [0.15, 0.2) is 27.2 Å². The quantitative estimate of drug-likeness (QED) is 0.918. The highest BCUT2D eigenvalue weighted by Crippen LogP contribution is 2.29. The van der Waals surface area contributed by atoms with Crippen molar-refractivity contribution in [3.63, 3.8) is 0 Å². The Kier molecular flexibility index (Phi) is 4.33. The molecule has 0 saturated heterocycles. The zero-order chi connectivity index (χ0) is 13.0. The lowest BCUT2D eigenvalue weighted by Crippen LogP contribution is -2.10. The molecule has 0 spiro atoms. The summed E-state index contributed by atoms with van der Waals surface area (Å²) in [5.74, 6) is 1.99. The van der Waals surface area contributed by atoms with Crippen molar-refractivity contribution in [2.45, 2.75) is 6.42 Å². The maximum atomic E-state index is 5.23. The molecule has 0 radical (unpaired) electrons. The van der Waals surface area contributed by atoms with Gasteiger partial charge in [-0.05, 0) is 41.2 Å². The van der Waals surface area contributed by atoms with Gasteiger partial charge in [-0.3, -0.25) is 0 Å². The third-order valence-electron chi connectivity index (χ3n) is 2.47. The van der Waals surface area contributed by atoms with E-state index in [9.17, 15) is 0 Å². The molecule has 96 valence electrons. The Morgan fingerprint density at radius 3 is 2.94 bits per heavy atom. The largest absolute Gasteiger partial charge is 0.496 e. The Hall–Kier alpha value is -1.40. The first-order chi connectivity index (χ1) is 8.74. The van der Waals surface area contributed by atoms with Gasteiger partial charge in [-0.1, -0.05) is 5.16 Å². The van der Waals surface area contributed by atoms with Gasteiger partial charge in [-0.2, -0.15) is 4.98 Å². The minimum Gasteiger partial charge on any atom is -0.496 e. The topological polar surface area (TPSA) is 60.2 Å². The number of nitrogens with zero attached hydrogens (tertiary/aromatic N) is 2. The molecular weight excluding hydrogens is 298 g/mol. The molecule has 0 atom stereocenters. The van der Waals surface area contributed by atoms with Crippen LogP contribution in [-0.2, 0) is 6.42 Å². The second-order valence-electron chi connectivity index (χ2n) is 3.72. The maximum Gasteiger partial charge on any atom is 0.257 e. The monoisotopic (exact) mass is 311 g/mol. The molecule has 0 amide bonds. The lowest BCUT2D eigenvalue weighted by Gasteiger charge is -2.03. The molecule has 5 nitrogen and oxygen atoms in total. The number of nitrogens with one attached hydrogen (secondary N) is 1. The average molecular weight is 312 g/mol. The molecule has 0 saturated carbocycles. The number of aromatic nitrogens is 2. The van der Waals surface area contributed by atoms with E-state index in [0.717, 1.165) is 28.8 Å². The summed E-state index contributed by atoms with van der Waals surface area (Å²) >= 11 is 3.43. The van der Waals surface area contributed by atoms with Crippen LogP contribution in [0.25, 0.3) is 11.5 Å². The fraction of sp³-hybridized carbons (Fsp3) is 0.333. The Bertz CT molecular complexity index is 528. The van der Waals surface area contributed by atoms with E-state index in [1.807, 2.05) is 25.2 Å². The summed E-state index contributed by atoms with van der Waals surface area (Å²) in [6.45, 7) is 0.825. The van der Waals surface area contributed by atoms with Gasteiger partial charge in [0.2, 0.25) is 0 Å². The van der Waals surface area contributed by atoms with Gasteiger partial charge in [0.25, 0.3) is 5.89 Å². The average Bonchev–Trinajstić information content (AvgIpc) is 2.85. The molecule has 1 N–H and O–H groups in total. The number of rotatable bonds is 5. The zero-order valence-corrected chi connectivity index (χ0v) is 11.8. The fourth-order valence-electron chi connectivity index (χ4n) is 1.51. The first-order valence-electron chi connectivity index (χ1n) is 5.55. The van der Waals surface area contributed by atoms with Crippen LogP contribution in [0.3, 0.4) is 0 Å². The van der Waals surface area contributed by atoms with Crippen LogP contribution in [0.1, 0.15) is 5.82 Å². The first kappa shape index (κ1) is 13.0. The zero-order valence-electron chi connectivity index (χ0n) is 10.2. The Morgan fingerprint density at radius 1 is 1.44 bits per heavy atom. The number of methoxy groups -OCH3 is 1. The molecule has 18 heavy (non-hydrogen) atoms. The van der Waals surface area contributed by atoms with Gasteiger partial charge in [-0.15, -0.1) is 0 Å². The predicted molar refractivity (Wildman–Crippen MR) is 71.6 cm³/mol. The van der Waals surface area contributed by atoms with Crippen LogP contribution in [0.2, 0.25) is 0 Å². The number of halogens is 1. The van der Waals surface area contributed by atoms with Crippen molar-refractivity contribution in [3.8, 4) is 17.2 Å². The molecule has 1 aromatic heterocycles. The predicted octanol–water partition coefficient (Wildman–Crippen LogP) is 2.27. The Labute approximate surface area is 114 Å². The van der Waals surface area contributed by atoms with Gasteiger partial charge in [0, 0.05) is 18.5 Å². The summed E-state index contributed by atoms with van der Waals surface area (Å²) in [7, 11) is 3.52. The van der Waals surface area contributed by atoms with Crippen LogP contribution < -0.4 is 10.1 Å². The molecule has 2 rings (SSSR count). The van der Waals surface area contributed by atoms with Crippen molar-refractivity contribution >= 4 is 15.9 Å². The van der Waals surface area contributed by atoms with Gasteiger partial charge >= 0.3 is 0 Å². The highest BCUT2D eigenvalue weighted by Gasteiger charge is 2.10. The first-order valence-corrected chi connectivity index (χ1v) is 6.35. The Balaban J connectivity index is 2.20. The van der Waals surface area contributed by atoms with Crippen LogP contribution in [0, 0.1) is 0 Å². The van der Waals surface area contributed by atoms with E-state index in [1.54, 1.807) is 7.11 Å². The van der Waals surface area contributed by atoms with E-state index in [1.165, 1.54) is 0 Å². The van der Waals surface area contributed by atoms with Crippen LogP contribution >= 0.6 is 15.9 Å². The minimum atomic E-state index is 0.518. The molecule has 0 aliphatic rings. The number of hydrogen-bond donors (Lipinski definition) is 1. The lowest BCUT2D eigenvalue weighted by molar-refractivity contribution is 0.411. The van der Waals surface area contributed by atoms with Crippen LogP contribution in [0.5, 0.6) is 5.75 Å². The standard InChI is InChI=1S/C12H14BrN3O2/c1-14-6-5-11-15-12(18-16-11)8-3-4-10(17-2)9(13)7-8/h3-4,7,14H,5-6H2,1-2H3. The number of benzene rings is 1. The van der Waals surface area contributed by atoms with Gasteiger partial charge in [0.15, 0.2) is 5.82 Å². The van der Waals surface area contributed by atoms with Crippen molar-refractivity contribution in [3.05, 3.63) is 28.5 Å². The van der Waals surface area contributed by atoms with Crippen molar-refractivity contribution in [2.24, 2.45) is 0 Å². The number of hydrogen-bond acceptors (Lipinski definition) is 5. The van der Waals surface area contributed by atoms with Crippen molar-refractivity contribution in [1.29, 1.82) is 0 Å². The molecule has 2 aromatic rings. The number of likely N-dealkylation sites (N-methyl/N-ethyl adjacent to an activating group) is 1. The highest BCUT2D eigenvalue weighted by molar-refractivity contribution is 9.10. The van der Waals surface area contributed by atoms with E-state index in [-0.39, 0.29) is 0 Å². The molecule has 0 aliphatic carbocycles. The van der Waals surface area contributed by atoms with E-state index in [4.69, 9.17) is 9.26 Å². The summed E-state index contributed by atoms with van der Waals surface area (Å²) in [4.78, 5) is 4.34. The van der Waals surface area contributed by atoms with Crippen molar-refractivity contribution in [2.75, 3.05) is 20.7 Å². The summed E-state index contributed by atoms with van der Waals surface area (Å²) in [5, 5.41) is 6.97.